The van der Waals surface area contributed by atoms with Gasteiger partial charge in [-0.25, -0.2) is 0 Å². The standard InChI is InChI=1S/C24H26N2O4/c1-16-5-4-6-19(15-16)30-18-11-9-17(10-12-18)25-22(27)13-14-26-23(28)20-7-2-3-8-21(20)24(26)29/h4-6,9-12,15,20-21H,2-3,7-8,13-14H2,1H3,(H,25,27)/t20-,21-/m1/s1. The highest BCUT2D eigenvalue weighted by Crippen LogP contribution is 2.38. The molecule has 1 saturated heterocycles. The van der Waals surface area contributed by atoms with Crippen LogP contribution in [0.5, 0.6) is 11.5 Å². The fourth-order valence-electron chi connectivity index (χ4n) is 4.31. The zero-order valence-corrected chi connectivity index (χ0v) is 17.1. The third-order valence-electron chi connectivity index (χ3n) is 5.86. The first-order chi connectivity index (χ1) is 14.5. The molecule has 6 nitrogen and oxygen atoms in total. The molecule has 2 aromatic rings. The van der Waals surface area contributed by atoms with E-state index in [0.29, 0.717) is 11.4 Å². The zero-order chi connectivity index (χ0) is 21.1. The first-order valence-electron chi connectivity index (χ1n) is 10.5. The van der Waals surface area contributed by atoms with Gasteiger partial charge in [0.15, 0.2) is 0 Å². The summed E-state index contributed by atoms with van der Waals surface area (Å²) in [5, 5.41) is 2.81. The number of ether oxygens (including phenoxy) is 1. The van der Waals surface area contributed by atoms with Gasteiger partial charge in [-0.15, -0.1) is 0 Å². The summed E-state index contributed by atoms with van der Waals surface area (Å²) in [6.07, 6.45) is 3.67. The van der Waals surface area contributed by atoms with Gasteiger partial charge in [-0.1, -0.05) is 25.0 Å². The third-order valence-corrected chi connectivity index (χ3v) is 5.86. The number of carbonyl (C=O) groups is 3. The highest BCUT2D eigenvalue weighted by atomic mass is 16.5. The van der Waals surface area contributed by atoms with Crippen molar-refractivity contribution in [3.63, 3.8) is 0 Å². The highest BCUT2D eigenvalue weighted by molar-refractivity contribution is 6.05. The van der Waals surface area contributed by atoms with Gasteiger partial charge in [-0.3, -0.25) is 19.3 Å². The molecular weight excluding hydrogens is 380 g/mol. The van der Waals surface area contributed by atoms with Gasteiger partial charge in [0, 0.05) is 18.7 Å². The molecule has 156 valence electrons. The Bertz CT molecular complexity index is 930. The molecule has 1 heterocycles. The molecule has 2 aromatic carbocycles. The molecule has 0 aromatic heterocycles. The molecule has 2 fully saturated rings. The lowest BCUT2D eigenvalue weighted by Gasteiger charge is -2.19. The number of nitrogens with one attached hydrogen (secondary N) is 1. The van der Waals surface area contributed by atoms with E-state index in [9.17, 15) is 14.4 Å². The summed E-state index contributed by atoms with van der Waals surface area (Å²) >= 11 is 0. The van der Waals surface area contributed by atoms with Crippen molar-refractivity contribution in [1.82, 2.24) is 4.90 Å². The van der Waals surface area contributed by atoms with Crippen LogP contribution in [0.1, 0.15) is 37.7 Å². The maximum Gasteiger partial charge on any atom is 0.233 e. The summed E-state index contributed by atoms with van der Waals surface area (Å²) in [6, 6.07) is 14.9. The molecule has 0 bridgehead atoms. The number of hydrogen-bond donors (Lipinski definition) is 1. The topological polar surface area (TPSA) is 75.7 Å². The molecule has 4 rings (SSSR count). The second kappa shape index (κ2) is 8.69. The number of imide groups is 1. The third kappa shape index (κ3) is 4.37. The Balaban J connectivity index is 1.29. The number of nitrogens with zero attached hydrogens (tertiary/aromatic N) is 1. The minimum Gasteiger partial charge on any atom is -0.457 e. The number of rotatable bonds is 6. The zero-order valence-electron chi connectivity index (χ0n) is 17.1. The van der Waals surface area contributed by atoms with Crippen molar-refractivity contribution in [3.05, 3.63) is 54.1 Å². The van der Waals surface area contributed by atoms with Crippen molar-refractivity contribution in [2.75, 3.05) is 11.9 Å². The van der Waals surface area contributed by atoms with Gasteiger partial charge in [0.05, 0.1) is 11.8 Å². The quantitative estimate of drug-likeness (QED) is 0.726. The van der Waals surface area contributed by atoms with E-state index in [4.69, 9.17) is 4.74 Å². The summed E-state index contributed by atoms with van der Waals surface area (Å²) in [6.45, 7) is 2.15. The minimum absolute atomic E-state index is 0.0957. The molecule has 30 heavy (non-hydrogen) atoms. The van der Waals surface area contributed by atoms with Crippen LogP contribution in [0.15, 0.2) is 48.5 Å². The molecule has 1 aliphatic carbocycles. The number of anilines is 1. The molecule has 1 N–H and O–H groups in total. The maximum absolute atomic E-state index is 12.5. The number of amides is 3. The molecule has 0 unspecified atom stereocenters. The maximum atomic E-state index is 12.5. The smallest absolute Gasteiger partial charge is 0.233 e. The molecule has 1 aliphatic heterocycles. The lowest BCUT2D eigenvalue weighted by atomic mass is 9.81. The Labute approximate surface area is 176 Å². The van der Waals surface area contributed by atoms with Gasteiger partial charge >= 0.3 is 0 Å². The predicted octanol–water partition coefficient (Wildman–Crippen LogP) is 4.29. The van der Waals surface area contributed by atoms with Crippen molar-refractivity contribution in [2.24, 2.45) is 11.8 Å². The van der Waals surface area contributed by atoms with E-state index in [-0.39, 0.29) is 42.5 Å². The van der Waals surface area contributed by atoms with Crippen molar-refractivity contribution < 1.29 is 19.1 Å². The highest BCUT2D eigenvalue weighted by Gasteiger charge is 2.47. The van der Waals surface area contributed by atoms with Crippen LogP contribution in [-0.4, -0.2) is 29.2 Å². The number of aryl methyl sites for hydroxylation is 1. The van der Waals surface area contributed by atoms with Crippen LogP contribution in [0, 0.1) is 18.8 Å². The molecule has 6 heteroatoms. The normalized spacial score (nSPS) is 20.8. The largest absolute Gasteiger partial charge is 0.457 e. The Kier molecular flexibility index (Phi) is 5.84. The summed E-state index contributed by atoms with van der Waals surface area (Å²) in [4.78, 5) is 38.6. The lowest BCUT2D eigenvalue weighted by Crippen LogP contribution is -2.34. The van der Waals surface area contributed by atoms with Crippen LogP contribution in [0.3, 0.4) is 0 Å². The van der Waals surface area contributed by atoms with Gasteiger partial charge in [0.25, 0.3) is 0 Å². The fraction of sp³-hybridized carbons (Fsp3) is 0.375. The Morgan fingerprint density at radius 2 is 1.67 bits per heavy atom. The first kappa shape index (κ1) is 20.1. The number of hydrogen-bond acceptors (Lipinski definition) is 4. The fourth-order valence-corrected chi connectivity index (χ4v) is 4.31. The average Bonchev–Trinajstić information content (AvgIpc) is 2.98. The van der Waals surface area contributed by atoms with Crippen molar-refractivity contribution >= 4 is 23.4 Å². The average molecular weight is 406 g/mol. The van der Waals surface area contributed by atoms with Crippen LogP contribution in [0.25, 0.3) is 0 Å². The molecule has 0 radical (unpaired) electrons. The number of carbonyl (C=O) groups excluding carboxylic acids is 3. The number of fused-ring (bicyclic) bond motifs is 1. The monoisotopic (exact) mass is 406 g/mol. The van der Waals surface area contributed by atoms with E-state index in [1.54, 1.807) is 24.3 Å². The van der Waals surface area contributed by atoms with Crippen LogP contribution in [-0.2, 0) is 14.4 Å². The van der Waals surface area contributed by atoms with Crippen LogP contribution >= 0.6 is 0 Å². The van der Waals surface area contributed by atoms with Crippen LogP contribution in [0.4, 0.5) is 5.69 Å². The first-order valence-corrected chi connectivity index (χ1v) is 10.5. The summed E-state index contributed by atoms with van der Waals surface area (Å²) in [5.41, 5.74) is 1.76. The van der Waals surface area contributed by atoms with E-state index in [1.807, 2.05) is 31.2 Å². The summed E-state index contributed by atoms with van der Waals surface area (Å²) < 4.78 is 5.81. The number of likely N-dealkylation sites (tertiary alicyclic amines) is 1. The van der Waals surface area contributed by atoms with E-state index in [2.05, 4.69) is 5.32 Å². The second-order valence-corrected chi connectivity index (χ2v) is 8.07. The van der Waals surface area contributed by atoms with Gasteiger partial charge in [-0.2, -0.15) is 0 Å². The van der Waals surface area contributed by atoms with Crippen molar-refractivity contribution in [3.8, 4) is 11.5 Å². The van der Waals surface area contributed by atoms with Gasteiger partial charge < -0.3 is 10.1 Å². The Morgan fingerprint density at radius 1 is 1.00 bits per heavy atom. The minimum atomic E-state index is -0.224. The van der Waals surface area contributed by atoms with E-state index in [1.165, 1.54) is 4.90 Å². The van der Waals surface area contributed by atoms with Gasteiger partial charge in [0.2, 0.25) is 17.7 Å². The van der Waals surface area contributed by atoms with Crippen LogP contribution < -0.4 is 10.1 Å². The molecule has 0 spiro atoms. The Morgan fingerprint density at radius 3 is 2.30 bits per heavy atom. The SMILES string of the molecule is Cc1cccc(Oc2ccc(NC(=O)CCN3C(=O)[C@@H]4CCCC[C@H]4C3=O)cc2)c1. The predicted molar refractivity (Wildman–Crippen MR) is 113 cm³/mol. The van der Waals surface area contributed by atoms with Crippen LogP contribution in [0.2, 0.25) is 0 Å². The molecule has 2 aliphatic rings. The molecule has 3 amide bonds. The van der Waals surface area contributed by atoms with Gasteiger partial charge in [-0.05, 0) is 61.7 Å². The number of benzene rings is 2. The van der Waals surface area contributed by atoms with E-state index in [0.717, 1.165) is 37.0 Å². The van der Waals surface area contributed by atoms with E-state index >= 15 is 0 Å². The summed E-state index contributed by atoms with van der Waals surface area (Å²) in [7, 11) is 0. The van der Waals surface area contributed by atoms with Gasteiger partial charge in [0.1, 0.15) is 11.5 Å². The van der Waals surface area contributed by atoms with E-state index < -0.39 is 0 Å². The second-order valence-electron chi connectivity index (χ2n) is 8.07. The molecular formula is C24H26N2O4. The molecule has 2 atom stereocenters. The lowest BCUT2D eigenvalue weighted by molar-refractivity contribution is -0.140. The molecule has 1 saturated carbocycles. The Hall–Kier alpha value is -3.15. The van der Waals surface area contributed by atoms with Crippen molar-refractivity contribution in [2.45, 2.75) is 39.0 Å². The van der Waals surface area contributed by atoms with Crippen molar-refractivity contribution in [1.29, 1.82) is 0 Å². The summed E-state index contributed by atoms with van der Waals surface area (Å²) in [5.74, 6) is 0.662.